The molecule has 0 bridgehead atoms. The van der Waals surface area contributed by atoms with Gasteiger partial charge < -0.3 is 9.15 Å². The Balaban J connectivity index is 1.77. The van der Waals surface area contributed by atoms with Gasteiger partial charge in [0, 0.05) is 18.2 Å². The maximum absolute atomic E-state index is 12.9. The van der Waals surface area contributed by atoms with Crippen LogP contribution in [-0.2, 0) is 11.3 Å². The van der Waals surface area contributed by atoms with Gasteiger partial charge in [-0.15, -0.1) is 10.2 Å². The van der Waals surface area contributed by atoms with Gasteiger partial charge in [0.25, 0.3) is 16.7 Å². The lowest BCUT2D eigenvalue weighted by Crippen LogP contribution is -2.24. The van der Waals surface area contributed by atoms with Gasteiger partial charge in [0.15, 0.2) is 5.69 Å². The lowest BCUT2D eigenvalue weighted by atomic mass is 10.1. The Kier molecular flexibility index (Phi) is 5.50. The summed E-state index contributed by atoms with van der Waals surface area (Å²) in [5, 5.41) is 14.5. The van der Waals surface area contributed by atoms with Crippen LogP contribution in [0.1, 0.15) is 5.56 Å². The van der Waals surface area contributed by atoms with E-state index in [9.17, 15) is 4.79 Å². The Morgan fingerprint density at radius 1 is 1.04 bits per heavy atom. The van der Waals surface area contributed by atoms with Crippen molar-refractivity contribution in [1.29, 1.82) is 0 Å². The van der Waals surface area contributed by atoms with Gasteiger partial charge in [-0.2, -0.15) is 5.10 Å². The van der Waals surface area contributed by atoms with Crippen molar-refractivity contribution in [3.8, 4) is 11.6 Å². The van der Waals surface area contributed by atoms with Crippen molar-refractivity contribution in [3.63, 3.8) is 0 Å². The Bertz CT molecular complexity index is 1140. The van der Waals surface area contributed by atoms with Crippen LogP contribution >= 0.6 is 11.8 Å². The zero-order valence-corrected chi connectivity index (χ0v) is 16.1. The van der Waals surface area contributed by atoms with Crippen LogP contribution in [0.3, 0.4) is 0 Å². The van der Waals surface area contributed by atoms with E-state index in [1.807, 2.05) is 48.5 Å². The van der Waals surface area contributed by atoms with E-state index in [0.29, 0.717) is 40.6 Å². The fourth-order valence-electron chi connectivity index (χ4n) is 2.83. The Hall–Kier alpha value is -2.97. The van der Waals surface area contributed by atoms with Crippen molar-refractivity contribution in [1.82, 2.24) is 20.0 Å². The first-order chi connectivity index (χ1) is 13.8. The molecule has 4 rings (SSSR count). The number of fused-ring (bicyclic) bond motifs is 1. The molecule has 4 aromatic rings. The third kappa shape index (κ3) is 3.83. The molecule has 0 radical (unpaired) electrons. The van der Waals surface area contributed by atoms with E-state index in [4.69, 9.17) is 9.15 Å². The molecule has 2 heterocycles. The highest BCUT2D eigenvalue weighted by Gasteiger charge is 2.17. The molecule has 0 saturated carbocycles. The van der Waals surface area contributed by atoms with Crippen LogP contribution in [-0.4, -0.2) is 39.4 Å². The maximum atomic E-state index is 12.9. The first-order valence-corrected chi connectivity index (χ1v) is 9.74. The predicted molar refractivity (Wildman–Crippen MR) is 107 cm³/mol. The lowest BCUT2D eigenvalue weighted by Gasteiger charge is -2.09. The average molecular weight is 394 g/mol. The summed E-state index contributed by atoms with van der Waals surface area (Å²) in [4.78, 5) is 12.9. The van der Waals surface area contributed by atoms with Gasteiger partial charge in [-0.1, -0.05) is 60.3 Å². The van der Waals surface area contributed by atoms with Gasteiger partial charge in [-0.3, -0.25) is 4.79 Å². The van der Waals surface area contributed by atoms with E-state index in [2.05, 4.69) is 15.3 Å². The molecule has 0 amide bonds. The summed E-state index contributed by atoms with van der Waals surface area (Å²) in [6.07, 6.45) is 0. The standard InChI is InChI=1S/C20H18N4O3S/c1-26-11-12-28-20-22-21-18(27-20)17-15-9-5-6-10-16(15)19(25)24(23-17)13-14-7-3-2-4-8-14/h2-10H,11-13H2,1H3. The van der Waals surface area contributed by atoms with Crippen LogP contribution in [0, 0.1) is 0 Å². The van der Waals surface area contributed by atoms with Crippen molar-refractivity contribution in [2.24, 2.45) is 0 Å². The molecule has 0 N–H and O–H groups in total. The van der Waals surface area contributed by atoms with E-state index in [0.717, 1.165) is 5.56 Å². The van der Waals surface area contributed by atoms with Crippen LogP contribution < -0.4 is 5.56 Å². The monoisotopic (exact) mass is 394 g/mol. The van der Waals surface area contributed by atoms with Gasteiger partial charge in [0.1, 0.15) is 0 Å². The molecule has 0 spiro atoms. The summed E-state index contributed by atoms with van der Waals surface area (Å²) in [5.74, 6) is 0.998. The second-order valence-corrected chi connectivity index (χ2v) is 7.10. The normalized spacial score (nSPS) is 11.2. The molecule has 2 aromatic heterocycles. The van der Waals surface area contributed by atoms with Crippen LogP contribution in [0.25, 0.3) is 22.4 Å². The van der Waals surface area contributed by atoms with Gasteiger partial charge in [-0.25, -0.2) is 4.68 Å². The highest BCUT2D eigenvalue weighted by Crippen LogP contribution is 2.26. The highest BCUT2D eigenvalue weighted by molar-refractivity contribution is 7.99. The fraction of sp³-hybridized carbons (Fsp3) is 0.200. The minimum Gasteiger partial charge on any atom is -0.410 e. The molecule has 8 heteroatoms. The summed E-state index contributed by atoms with van der Waals surface area (Å²) in [5.41, 5.74) is 1.33. The molecule has 0 aliphatic carbocycles. The van der Waals surface area contributed by atoms with Crippen molar-refractivity contribution < 1.29 is 9.15 Å². The molecule has 0 fully saturated rings. The van der Waals surface area contributed by atoms with E-state index in [1.54, 1.807) is 13.2 Å². The number of ether oxygens (including phenoxy) is 1. The molecule has 2 aromatic carbocycles. The summed E-state index contributed by atoms with van der Waals surface area (Å²) < 4.78 is 12.3. The average Bonchev–Trinajstić information content (AvgIpc) is 3.20. The number of rotatable bonds is 7. The van der Waals surface area contributed by atoms with E-state index < -0.39 is 0 Å². The quantitative estimate of drug-likeness (QED) is 0.351. The number of thioether (sulfide) groups is 1. The molecule has 0 aliphatic rings. The molecule has 28 heavy (non-hydrogen) atoms. The first-order valence-electron chi connectivity index (χ1n) is 8.75. The molecule has 0 saturated heterocycles. The number of hydrogen-bond acceptors (Lipinski definition) is 7. The second-order valence-electron chi connectivity index (χ2n) is 6.06. The fourth-order valence-corrected chi connectivity index (χ4v) is 3.49. The van der Waals surface area contributed by atoms with Crippen LogP contribution in [0.2, 0.25) is 0 Å². The van der Waals surface area contributed by atoms with Crippen molar-refractivity contribution in [2.75, 3.05) is 19.5 Å². The van der Waals surface area contributed by atoms with Gasteiger partial charge in [0.2, 0.25) is 0 Å². The molecule has 0 unspecified atom stereocenters. The highest BCUT2D eigenvalue weighted by atomic mass is 32.2. The van der Waals surface area contributed by atoms with Gasteiger partial charge in [-0.05, 0) is 11.6 Å². The largest absolute Gasteiger partial charge is 0.410 e. The SMILES string of the molecule is COCCSc1nnc(-c2nn(Cc3ccccc3)c(=O)c3ccccc23)o1. The van der Waals surface area contributed by atoms with Crippen LogP contribution in [0.4, 0.5) is 0 Å². The number of hydrogen-bond donors (Lipinski definition) is 0. The molecular weight excluding hydrogens is 376 g/mol. The number of benzene rings is 2. The zero-order valence-electron chi connectivity index (χ0n) is 15.2. The Labute approximate surface area is 165 Å². The maximum Gasteiger partial charge on any atom is 0.276 e. The Morgan fingerprint density at radius 2 is 1.79 bits per heavy atom. The Morgan fingerprint density at radius 3 is 2.57 bits per heavy atom. The minimum atomic E-state index is -0.155. The van der Waals surface area contributed by atoms with E-state index >= 15 is 0 Å². The van der Waals surface area contributed by atoms with Crippen LogP contribution in [0.5, 0.6) is 0 Å². The van der Waals surface area contributed by atoms with Crippen LogP contribution in [0.15, 0.2) is 69.0 Å². The topological polar surface area (TPSA) is 83.0 Å². The smallest absolute Gasteiger partial charge is 0.276 e. The van der Waals surface area contributed by atoms with Crippen molar-refractivity contribution >= 4 is 22.5 Å². The molecule has 142 valence electrons. The molecule has 7 nitrogen and oxygen atoms in total. The van der Waals surface area contributed by atoms with Gasteiger partial charge >= 0.3 is 0 Å². The lowest BCUT2D eigenvalue weighted by molar-refractivity contribution is 0.218. The first kappa shape index (κ1) is 18.4. The summed E-state index contributed by atoms with van der Waals surface area (Å²) >= 11 is 1.41. The molecular formula is C20H18N4O3S. The van der Waals surface area contributed by atoms with E-state index in [-0.39, 0.29) is 11.4 Å². The van der Waals surface area contributed by atoms with Crippen molar-refractivity contribution in [3.05, 3.63) is 70.5 Å². The second kappa shape index (κ2) is 8.37. The third-order valence-corrected chi connectivity index (χ3v) is 4.95. The number of nitrogens with zero attached hydrogens (tertiary/aromatic N) is 4. The summed E-state index contributed by atoms with van der Waals surface area (Å²) in [6.45, 7) is 0.951. The van der Waals surface area contributed by atoms with Crippen molar-refractivity contribution in [2.45, 2.75) is 11.8 Å². The molecule has 0 atom stereocenters. The summed E-state index contributed by atoms with van der Waals surface area (Å²) in [6, 6.07) is 17.0. The van der Waals surface area contributed by atoms with E-state index in [1.165, 1.54) is 16.4 Å². The minimum absolute atomic E-state index is 0.155. The summed E-state index contributed by atoms with van der Waals surface area (Å²) in [7, 11) is 1.64. The zero-order chi connectivity index (χ0) is 19.3. The van der Waals surface area contributed by atoms with Gasteiger partial charge in [0.05, 0.1) is 18.5 Å². The third-order valence-electron chi connectivity index (χ3n) is 4.16. The molecule has 0 aliphatic heterocycles. The predicted octanol–water partition coefficient (Wildman–Crippen LogP) is 3.23. The number of aromatic nitrogens is 4. The number of methoxy groups -OCH3 is 1.